The fraction of sp³-hybridized carbons (Fsp3) is 0.632. The molecule has 0 radical (unpaired) electrons. The summed E-state index contributed by atoms with van der Waals surface area (Å²) in [4.78, 5) is 12.1. The summed E-state index contributed by atoms with van der Waals surface area (Å²) in [5.74, 6) is 1.75. The molecule has 2 rings (SSSR count). The summed E-state index contributed by atoms with van der Waals surface area (Å²) >= 11 is 0. The molecular weight excluding hydrogens is 276 g/mol. The van der Waals surface area contributed by atoms with E-state index in [-0.39, 0.29) is 30.5 Å². The Hall–Kier alpha value is -1.35. The fourth-order valence-corrected chi connectivity index (χ4v) is 2.83. The second-order valence-electron chi connectivity index (χ2n) is 6.80. The van der Waals surface area contributed by atoms with Crippen LogP contribution in [0, 0.1) is 5.92 Å². The lowest BCUT2D eigenvalue weighted by atomic mass is 10.0. The summed E-state index contributed by atoms with van der Waals surface area (Å²) in [7, 11) is 0. The summed E-state index contributed by atoms with van der Waals surface area (Å²) < 4.78 is 11.4. The van der Waals surface area contributed by atoms with E-state index in [1.807, 2.05) is 26.0 Å². The average molecular weight is 304 g/mol. The molecule has 1 aromatic rings. The molecule has 0 amide bonds. The number of ether oxygens (including phenoxy) is 2. The van der Waals surface area contributed by atoms with Crippen LogP contribution in [-0.2, 0) is 9.53 Å². The van der Waals surface area contributed by atoms with E-state index >= 15 is 0 Å². The van der Waals surface area contributed by atoms with E-state index in [4.69, 9.17) is 9.47 Å². The highest BCUT2D eigenvalue weighted by molar-refractivity contribution is 5.82. The van der Waals surface area contributed by atoms with Gasteiger partial charge in [0.1, 0.15) is 12.4 Å². The van der Waals surface area contributed by atoms with Crippen molar-refractivity contribution in [2.75, 3.05) is 6.61 Å². The first-order chi connectivity index (χ1) is 10.5. The Kier molecular flexibility index (Phi) is 6.01. The summed E-state index contributed by atoms with van der Waals surface area (Å²) in [5.41, 5.74) is 1.32. The predicted molar refractivity (Wildman–Crippen MR) is 88.4 cm³/mol. The molecule has 0 aliphatic heterocycles. The van der Waals surface area contributed by atoms with Gasteiger partial charge in [0.15, 0.2) is 5.78 Å². The third-order valence-electron chi connectivity index (χ3n) is 4.25. The van der Waals surface area contributed by atoms with Gasteiger partial charge < -0.3 is 9.47 Å². The Labute approximate surface area is 134 Å². The van der Waals surface area contributed by atoms with E-state index in [0.29, 0.717) is 5.92 Å². The van der Waals surface area contributed by atoms with Gasteiger partial charge in [-0.1, -0.05) is 26.0 Å². The SMILES string of the molecule is CC(C)OCC(=O)C1CCC(Oc2ccc(C(C)C)cc2)C1. The van der Waals surface area contributed by atoms with Crippen molar-refractivity contribution < 1.29 is 14.3 Å². The Balaban J connectivity index is 1.82. The zero-order valence-electron chi connectivity index (χ0n) is 14.2. The van der Waals surface area contributed by atoms with Crippen LogP contribution in [0.25, 0.3) is 0 Å². The van der Waals surface area contributed by atoms with E-state index in [9.17, 15) is 4.79 Å². The third-order valence-corrected chi connectivity index (χ3v) is 4.25. The molecule has 1 aromatic carbocycles. The van der Waals surface area contributed by atoms with Crippen molar-refractivity contribution in [3.8, 4) is 5.75 Å². The number of benzene rings is 1. The molecule has 1 saturated carbocycles. The molecule has 0 N–H and O–H groups in total. The van der Waals surface area contributed by atoms with Gasteiger partial charge in [-0.05, 0) is 56.7 Å². The van der Waals surface area contributed by atoms with Gasteiger partial charge in [-0.15, -0.1) is 0 Å². The number of Topliss-reactive ketones (excluding diaryl/α,β-unsaturated/α-hetero) is 1. The molecule has 122 valence electrons. The molecular formula is C19H28O3. The Morgan fingerprint density at radius 2 is 1.82 bits per heavy atom. The molecule has 1 aliphatic carbocycles. The Morgan fingerprint density at radius 1 is 1.14 bits per heavy atom. The lowest BCUT2D eigenvalue weighted by Crippen LogP contribution is -2.21. The Morgan fingerprint density at radius 3 is 2.41 bits per heavy atom. The van der Waals surface area contributed by atoms with E-state index in [1.54, 1.807) is 0 Å². The maximum absolute atomic E-state index is 12.1. The standard InChI is InChI=1S/C19H28O3/c1-13(2)15-5-8-17(9-6-15)22-18-10-7-16(11-18)19(20)12-21-14(3)4/h5-6,8-9,13-14,16,18H,7,10-12H2,1-4H3. The lowest BCUT2D eigenvalue weighted by Gasteiger charge is -2.15. The second kappa shape index (κ2) is 7.77. The van der Waals surface area contributed by atoms with Crippen LogP contribution in [0.5, 0.6) is 5.75 Å². The van der Waals surface area contributed by atoms with Crippen LogP contribution in [0.4, 0.5) is 0 Å². The van der Waals surface area contributed by atoms with Crippen LogP contribution in [0.2, 0.25) is 0 Å². The highest BCUT2D eigenvalue weighted by atomic mass is 16.5. The van der Waals surface area contributed by atoms with Crippen molar-refractivity contribution in [1.82, 2.24) is 0 Å². The highest BCUT2D eigenvalue weighted by Gasteiger charge is 2.31. The van der Waals surface area contributed by atoms with Crippen molar-refractivity contribution in [2.24, 2.45) is 5.92 Å². The average Bonchev–Trinajstić information content (AvgIpc) is 2.94. The molecule has 22 heavy (non-hydrogen) atoms. The molecule has 3 nitrogen and oxygen atoms in total. The molecule has 0 saturated heterocycles. The van der Waals surface area contributed by atoms with Crippen molar-refractivity contribution >= 4 is 5.78 Å². The van der Waals surface area contributed by atoms with E-state index in [2.05, 4.69) is 26.0 Å². The van der Waals surface area contributed by atoms with Crippen LogP contribution in [0.1, 0.15) is 58.4 Å². The van der Waals surface area contributed by atoms with Gasteiger partial charge in [0.05, 0.1) is 12.2 Å². The van der Waals surface area contributed by atoms with Crippen LogP contribution >= 0.6 is 0 Å². The van der Waals surface area contributed by atoms with E-state index in [1.165, 1.54) is 5.56 Å². The molecule has 2 unspecified atom stereocenters. The van der Waals surface area contributed by atoms with Crippen molar-refractivity contribution in [3.05, 3.63) is 29.8 Å². The molecule has 0 spiro atoms. The number of carbonyl (C=O) groups excluding carboxylic acids is 1. The van der Waals surface area contributed by atoms with Gasteiger partial charge in [-0.3, -0.25) is 4.79 Å². The largest absolute Gasteiger partial charge is 0.490 e. The first-order valence-electron chi connectivity index (χ1n) is 8.36. The van der Waals surface area contributed by atoms with E-state index in [0.717, 1.165) is 25.0 Å². The molecule has 0 heterocycles. The number of hydrogen-bond acceptors (Lipinski definition) is 3. The smallest absolute Gasteiger partial charge is 0.161 e. The minimum Gasteiger partial charge on any atom is -0.490 e. The van der Waals surface area contributed by atoms with Crippen LogP contribution in [0.3, 0.4) is 0 Å². The van der Waals surface area contributed by atoms with Crippen molar-refractivity contribution in [3.63, 3.8) is 0 Å². The lowest BCUT2D eigenvalue weighted by molar-refractivity contribution is -0.128. The van der Waals surface area contributed by atoms with Gasteiger partial charge in [0.2, 0.25) is 0 Å². The molecule has 0 aromatic heterocycles. The van der Waals surface area contributed by atoms with Gasteiger partial charge in [-0.25, -0.2) is 0 Å². The first kappa shape index (κ1) is 17.0. The molecule has 1 fully saturated rings. The predicted octanol–water partition coefficient (Wildman–Crippen LogP) is 4.35. The molecule has 1 aliphatic rings. The molecule has 0 bridgehead atoms. The number of ketones is 1. The summed E-state index contributed by atoms with van der Waals surface area (Å²) in [6.07, 6.45) is 2.93. The van der Waals surface area contributed by atoms with Gasteiger partial charge in [0, 0.05) is 5.92 Å². The van der Waals surface area contributed by atoms with Crippen molar-refractivity contribution in [2.45, 2.75) is 65.1 Å². The zero-order valence-corrected chi connectivity index (χ0v) is 14.2. The molecule has 3 heteroatoms. The van der Waals surface area contributed by atoms with Gasteiger partial charge in [0.25, 0.3) is 0 Å². The zero-order chi connectivity index (χ0) is 16.1. The summed E-state index contributed by atoms with van der Waals surface area (Å²) in [6.45, 7) is 8.51. The monoisotopic (exact) mass is 304 g/mol. The maximum Gasteiger partial charge on any atom is 0.161 e. The first-order valence-corrected chi connectivity index (χ1v) is 8.36. The van der Waals surface area contributed by atoms with Crippen LogP contribution in [-0.4, -0.2) is 24.6 Å². The highest BCUT2D eigenvalue weighted by Crippen LogP contribution is 2.30. The van der Waals surface area contributed by atoms with Gasteiger partial charge >= 0.3 is 0 Å². The number of rotatable bonds is 7. The van der Waals surface area contributed by atoms with Gasteiger partial charge in [-0.2, -0.15) is 0 Å². The Bertz CT molecular complexity index is 476. The van der Waals surface area contributed by atoms with Crippen LogP contribution in [0.15, 0.2) is 24.3 Å². The summed E-state index contributed by atoms with van der Waals surface area (Å²) in [5, 5.41) is 0. The second-order valence-corrected chi connectivity index (χ2v) is 6.80. The maximum atomic E-state index is 12.1. The summed E-state index contributed by atoms with van der Waals surface area (Å²) in [6, 6.07) is 8.31. The number of carbonyl (C=O) groups is 1. The quantitative estimate of drug-likeness (QED) is 0.751. The fourth-order valence-electron chi connectivity index (χ4n) is 2.83. The number of hydrogen-bond donors (Lipinski definition) is 0. The molecule has 2 atom stereocenters. The topological polar surface area (TPSA) is 35.5 Å². The minimum absolute atomic E-state index is 0.0960. The minimum atomic E-state index is 0.0960. The van der Waals surface area contributed by atoms with E-state index < -0.39 is 0 Å². The van der Waals surface area contributed by atoms with Crippen LogP contribution < -0.4 is 4.74 Å². The van der Waals surface area contributed by atoms with Crippen molar-refractivity contribution in [1.29, 1.82) is 0 Å². The third kappa shape index (κ3) is 4.84. The normalized spacial score (nSPS) is 21.5.